The van der Waals surface area contributed by atoms with Crippen LogP contribution >= 0.6 is 8.18 Å². The summed E-state index contributed by atoms with van der Waals surface area (Å²) in [6.07, 6.45) is 0. The number of rotatable bonds is 5. The summed E-state index contributed by atoms with van der Waals surface area (Å²) in [6, 6.07) is 26.8. The summed E-state index contributed by atoms with van der Waals surface area (Å²) >= 11 is 0. The second-order valence-electron chi connectivity index (χ2n) is 7.03. The van der Waals surface area contributed by atoms with Crippen molar-refractivity contribution in [1.29, 1.82) is 0 Å². The number of nitrogens with one attached hydrogen (secondary N) is 1. The molecule has 5 aromatic rings. The molecule has 0 spiro atoms. The molecule has 0 saturated carbocycles. The summed E-state index contributed by atoms with van der Waals surface area (Å²) in [7, 11) is -2.03. The van der Waals surface area contributed by atoms with E-state index in [1.54, 1.807) is 0 Å². The zero-order valence-corrected chi connectivity index (χ0v) is 16.4. The third-order valence-corrected chi connectivity index (χ3v) is 6.11. The van der Waals surface area contributed by atoms with Crippen LogP contribution < -0.4 is 9.61 Å². The van der Waals surface area contributed by atoms with Gasteiger partial charge in [-0.2, -0.15) is 0 Å². The van der Waals surface area contributed by atoms with Gasteiger partial charge in [-0.1, -0.05) is 71.8 Å². The van der Waals surface area contributed by atoms with Gasteiger partial charge in [-0.05, 0) is 51.7 Å². The molecule has 5 aromatic carbocycles. The van der Waals surface area contributed by atoms with E-state index in [4.69, 9.17) is 4.52 Å². The van der Waals surface area contributed by atoms with Crippen LogP contribution in [0.25, 0.3) is 32.3 Å². The summed E-state index contributed by atoms with van der Waals surface area (Å²) in [5.41, 5.74) is 2.28. The number of benzene rings is 5. The molecule has 0 heterocycles. The minimum absolute atomic E-state index is 0.508. The normalized spacial score (nSPS) is 12.1. The van der Waals surface area contributed by atoms with Gasteiger partial charge in [-0.15, -0.1) is 0 Å². The number of hydrogen-bond acceptors (Lipinski definition) is 2. The number of aryl methyl sites for hydroxylation is 1. The Labute approximate surface area is 164 Å². The zero-order valence-electron chi connectivity index (χ0n) is 15.5. The first-order valence-corrected chi connectivity index (χ1v) is 10.5. The Morgan fingerprint density at radius 3 is 2.25 bits per heavy atom. The lowest BCUT2D eigenvalue weighted by atomic mass is 9.94. The highest BCUT2D eigenvalue weighted by molar-refractivity contribution is 7.37. The summed E-state index contributed by atoms with van der Waals surface area (Å²) < 4.78 is 18.4. The lowest BCUT2D eigenvalue weighted by Gasteiger charge is -2.11. The maximum absolute atomic E-state index is 12.6. The van der Waals surface area contributed by atoms with Crippen LogP contribution in [0.15, 0.2) is 78.9 Å². The van der Waals surface area contributed by atoms with Gasteiger partial charge in [0.1, 0.15) is 0 Å². The Kier molecular flexibility index (Phi) is 4.20. The molecule has 0 fully saturated rings. The number of hydrogen-bond donors (Lipinski definition) is 1. The van der Waals surface area contributed by atoms with E-state index >= 15 is 0 Å². The largest absolute Gasteiger partial charge is 0.664 e. The fourth-order valence-electron chi connectivity index (χ4n) is 3.87. The molecule has 0 aromatic heterocycles. The van der Waals surface area contributed by atoms with Gasteiger partial charge in [0.15, 0.2) is 5.75 Å². The monoisotopic (exact) mass is 384 g/mol. The molecule has 0 bridgehead atoms. The zero-order chi connectivity index (χ0) is 19.1. The van der Waals surface area contributed by atoms with Crippen LogP contribution in [0, 0.1) is 6.92 Å². The molecule has 28 heavy (non-hydrogen) atoms. The van der Waals surface area contributed by atoms with Crippen molar-refractivity contribution < 1.29 is 9.09 Å². The summed E-state index contributed by atoms with van der Waals surface area (Å²) in [5.74, 6) is 0.643. The third-order valence-electron chi connectivity index (χ3n) is 5.33. The second kappa shape index (κ2) is 6.87. The van der Waals surface area contributed by atoms with Crippen LogP contribution in [0.3, 0.4) is 0 Å². The van der Waals surface area contributed by atoms with Gasteiger partial charge < -0.3 is 0 Å². The molecule has 0 saturated heterocycles. The van der Waals surface area contributed by atoms with Gasteiger partial charge in [0.2, 0.25) is 0 Å². The molecule has 0 aliphatic carbocycles. The van der Waals surface area contributed by atoms with Crippen molar-refractivity contribution >= 4 is 40.5 Å². The predicted octanol–water partition coefficient (Wildman–Crippen LogP) is 6.72. The molecule has 1 atom stereocenters. The molecule has 0 amide bonds. The Bertz CT molecular complexity index is 1310. The van der Waals surface area contributed by atoms with Crippen molar-refractivity contribution in [1.82, 2.24) is 5.09 Å². The third kappa shape index (κ3) is 2.90. The van der Waals surface area contributed by atoms with Crippen molar-refractivity contribution in [2.24, 2.45) is 0 Å². The highest BCUT2D eigenvalue weighted by Crippen LogP contribution is 2.40. The van der Waals surface area contributed by atoms with Crippen molar-refractivity contribution in [3.05, 3.63) is 90.0 Å². The van der Waals surface area contributed by atoms with E-state index in [-0.39, 0.29) is 0 Å². The fraction of sp³-hybridized carbons (Fsp3) is 0.0833. The first kappa shape index (κ1) is 17.1. The molecular formula is C24H19NO2P+. The molecule has 1 unspecified atom stereocenters. The fourth-order valence-corrected chi connectivity index (χ4v) is 4.57. The van der Waals surface area contributed by atoms with Crippen molar-refractivity contribution in [3.63, 3.8) is 0 Å². The Morgan fingerprint density at radius 2 is 1.46 bits per heavy atom. The van der Waals surface area contributed by atoms with E-state index in [0.717, 1.165) is 21.7 Å². The second-order valence-corrected chi connectivity index (χ2v) is 8.04. The van der Waals surface area contributed by atoms with Crippen LogP contribution in [0.4, 0.5) is 0 Å². The van der Waals surface area contributed by atoms with Gasteiger partial charge in [0, 0.05) is 15.3 Å². The van der Waals surface area contributed by atoms with Crippen molar-refractivity contribution in [3.8, 4) is 5.75 Å². The van der Waals surface area contributed by atoms with Gasteiger partial charge in [-0.3, -0.25) is 0 Å². The van der Waals surface area contributed by atoms with Gasteiger partial charge in [0.25, 0.3) is 0 Å². The first-order chi connectivity index (χ1) is 13.7. The molecule has 1 N–H and O–H groups in total. The molecule has 0 radical (unpaired) electrons. The van der Waals surface area contributed by atoms with Crippen molar-refractivity contribution in [2.45, 2.75) is 13.5 Å². The average Bonchev–Trinajstić information content (AvgIpc) is 2.72. The highest BCUT2D eigenvalue weighted by atomic mass is 31.1. The van der Waals surface area contributed by atoms with Crippen LogP contribution in [-0.4, -0.2) is 0 Å². The maximum Gasteiger partial charge on any atom is 0.664 e. The first-order valence-electron chi connectivity index (χ1n) is 9.30. The van der Waals surface area contributed by atoms with E-state index in [1.165, 1.54) is 21.7 Å². The van der Waals surface area contributed by atoms with Gasteiger partial charge in [0.05, 0.1) is 6.54 Å². The van der Waals surface area contributed by atoms with E-state index in [1.807, 2.05) is 43.3 Å². The maximum atomic E-state index is 12.6. The summed E-state index contributed by atoms with van der Waals surface area (Å²) in [5, 5.41) is 9.95. The predicted molar refractivity (Wildman–Crippen MR) is 116 cm³/mol. The molecule has 3 nitrogen and oxygen atoms in total. The standard InChI is InChI=1S/C24H19NO2P/c1-16-5-2-3-6-20(16)15-25-28(26)27-22-14-12-19-10-9-17-7-4-8-18-11-13-21(22)24(19)23(17)18/h2-14H,15H2,1H3,(H,25,26)/q+1. The quantitative estimate of drug-likeness (QED) is 0.270. The minimum atomic E-state index is -2.03. The lowest BCUT2D eigenvalue weighted by molar-refractivity contribution is 0.494. The minimum Gasteiger partial charge on any atom is -0.239 e. The van der Waals surface area contributed by atoms with Crippen LogP contribution in [0.5, 0.6) is 5.75 Å². The van der Waals surface area contributed by atoms with E-state index in [2.05, 4.69) is 47.6 Å². The molecular weight excluding hydrogens is 365 g/mol. The smallest absolute Gasteiger partial charge is 0.239 e. The average molecular weight is 384 g/mol. The molecule has 4 heteroatoms. The SMILES string of the molecule is Cc1ccccc1CN[P+](=O)Oc1ccc2ccc3cccc4ccc1c2c34. The molecule has 0 aliphatic rings. The van der Waals surface area contributed by atoms with Crippen LogP contribution in [-0.2, 0) is 11.1 Å². The topological polar surface area (TPSA) is 38.3 Å². The van der Waals surface area contributed by atoms with Crippen molar-refractivity contribution in [2.75, 3.05) is 0 Å². The molecule has 5 rings (SSSR count). The van der Waals surface area contributed by atoms with Crippen LogP contribution in [0.2, 0.25) is 0 Å². The van der Waals surface area contributed by atoms with Gasteiger partial charge >= 0.3 is 8.18 Å². The molecule has 136 valence electrons. The van der Waals surface area contributed by atoms with Crippen LogP contribution in [0.1, 0.15) is 11.1 Å². The Hall–Kier alpha value is -3.00. The Morgan fingerprint density at radius 1 is 0.786 bits per heavy atom. The van der Waals surface area contributed by atoms with E-state index < -0.39 is 8.18 Å². The molecule has 0 aliphatic heterocycles. The summed E-state index contributed by atoms with van der Waals surface area (Å²) in [6.45, 7) is 2.56. The van der Waals surface area contributed by atoms with Gasteiger partial charge in [-0.25, -0.2) is 4.52 Å². The van der Waals surface area contributed by atoms with E-state index in [9.17, 15) is 4.57 Å². The lowest BCUT2D eigenvalue weighted by Crippen LogP contribution is -2.07. The summed E-state index contributed by atoms with van der Waals surface area (Å²) in [4.78, 5) is 0. The highest BCUT2D eigenvalue weighted by Gasteiger charge is 2.22. The van der Waals surface area contributed by atoms with E-state index in [0.29, 0.717) is 12.3 Å². The Balaban J connectivity index is 1.49.